The number of halogens is 4. The van der Waals surface area contributed by atoms with Crippen molar-refractivity contribution >= 4 is 33.7 Å². The van der Waals surface area contributed by atoms with Crippen LogP contribution in [0.5, 0.6) is 0 Å². The molecule has 8 heteroatoms. The number of carbonyl (C=O) groups is 2. The van der Waals surface area contributed by atoms with Crippen LogP contribution in [0.2, 0.25) is 0 Å². The molecule has 122 valence electrons. The van der Waals surface area contributed by atoms with Crippen molar-refractivity contribution in [1.29, 1.82) is 0 Å². The van der Waals surface area contributed by atoms with E-state index < -0.39 is 23.0 Å². The average Bonchev–Trinajstić information content (AvgIpc) is 2.93. The molecular weight excluding hydrogens is 345 g/mol. The molecule has 0 aliphatic rings. The summed E-state index contributed by atoms with van der Waals surface area (Å²) in [5.74, 6) is -0.728. The normalized spacial score (nSPS) is 11.7. The first kappa shape index (κ1) is 16.2. The number of alkyl halides is 3. The molecule has 3 rings (SSSR count). The molecule has 0 unspecified atom stereocenters. The van der Waals surface area contributed by atoms with Gasteiger partial charge in [-0.3, -0.25) is 14.2 Å². The van der Waals surface area contributed by atoms with Gasteiger partial charge in [-0.25, -0.2) is 4.98 Å². The van der Waals surface area contributed by atoms with Gasteiger partial charge in [-0.2, -0.15) is 13.2 Å². The molecule has 0 aliphatic heterocycles. The topological polar surface area (TPSA) is 52.0 Å². The molecule has 3 aromatic rings. The Balaban J connectivity index is 2.15. The van der Waals surface area contributed by atoms with E-state index in [2.05, 4.69) is 4.98 Å². The van der Waals surface area contributed by atoms with Crippen LogP contribution in [-0.2, 0) is 6.18 Å². The summed E-state index contributed by atoms with van der Waals surface area (Å²) in [6.07, 6.45) is -3.46. The Hall–Kier alpha value is -2.67. The van der Waals surface area contributed by atoms with Crippen LogP contribution in [0.3, 0.4) is 0 Å². The lowest BCUT2D eigenvalue weighted by atomic mass is 10.1. The first-order valence-electron chi connectivity index (χ1n) is 6.68. The maximum Gasteiger partial charge on any atom is 0.433 e. The fraction of sp³-hybridized carbons (Fsp3) is 0.0625. The zero-order chi connectivity index (χ0) is 17.5. The maximum absolute atomic E-state index is 12.8. The van der Waals surface area contributed by atoms with Crippen molar-refractivity contribution in [3.8, 4) is 0 Å². The molecule has 0 amide bonds. The van der Waals surface area contributed by atoms with Crippen LogP contribution < -0.4 is 0 Å². The van der Waals surface area contributed by atoms with Crippen LogP contribution in [0, 0.1) is 0 Å². The summed E-state index contributed by atoms with van der Waals surface area (Å²) in [7, 11) is 0. The number of nitrogens with zero attached hydrogens (tertiary/aromatic N) is 2. The summed E-state index contributed by atoms with van der Waals surface area (Å²) in [6, 6.07) is 9.51. The zero-order valence-electron chi connectivity index (χ0n) is 11.8. The van der Waals surface area contributed by atoms with Crippen LogP contribution in [0.1, 0.15) is 21.7 Å². The minimum atomic E-state index is -4.66. The Morgan fingerprint density at radius 2 is 1.75 bits per heavy atom. The number of fused-ring (bicyclic) bond motifs is 1. The van der Waals surface area contributed by atoms with Crippen molar-refractivity contribution in [3.63, 3.8) is 0 Å². The van der Waals surface area contributed by atoms with Crippen LogP contribution >= 0.6 is 11.6 Å². The number of pyridine rings is 1. The molecular formula is C16H8ClF3N2O2. The van der Waals surface area contributed by atoms with Gasteiger partial charge in [0.05, 0.1) is 11.1 Å². The van der Waals surface area contributed by atoms with Gasteiger partial charge >= 0.3 is 11.5 Å². The molecule has 0 atom stereocenters. The number of carbonyl (C=O) groups excluding carboxylic acids is 2. The molecule has 0 fully saturated rings. The van der Waals surface area contributed by atoms with Crippen LogP contribution in [0.25, 0.3) is 10.9 Å². The second kappa shape index (κ2) is 5.76. The largest absolute Gasteiger partial charge is 0.433 e. The number of aromatic nitrogens is 2. The molecule has 0 saturated carbocycles. The van der Waals surface area contributed by atoms with E-state index in [1.807, 2.05) is 0 Å². The third kappa shape index (κ3) is 2.78. The van der Waals surface area contributed by atoms with E-state index >= 15 is 0 Å². The Morgan fingerprint density at radius 1 is 1.04 bits per heavy atom. The molecule has 2 heterocycles. The summed E-state index contributed by atoms with van der Waals surface area (Å²) in [5, 5.41) is -0.432. The van der Waals surface area contributed by atoms with Gasteiger partial charge < -0.3 is 0 Å². The second-order valence-corrected chi connectivity index (χ2v) is 5.24. The predicted octanol–water partition coefficient (Wildman–Crippen LogP) is 4.49. The number of benzene rings is 1. The fourth-order valence-corrected chi connectivity index (χ4v) is 2.50. The van der Waals surface area contributed by atoms with Crippen molar-refractivity contribution in [2.24, 2.45) is 0 Å². The first-order chi connectivity index (χ1) is 11.3. The Bertz CT molecular complexity index is 963. The van der Waals surface area contributed by atoms with Gasteiger partial charge in [0, 0.05) is 11.6 Å². The van der Waals surface area contributed by atoms with Gasteiger partial charge in [0.2, 0.25) is 5.78 Å². The van der Waals surface area contributed by atoms with E-state index in [1.54, 1.807) is 24.3 Å². The molecule has 1 aromatic carbocycles. The number of hydrogen-bond acceptors (Lipinski definition) is 3. The van der Waals surface area contributed by atoms with E-state index in [-0.39, 0.29) is 11.3 Å². The Kier molecular flexibility index (Phi) is 3.88. The Labute approximate surface area is 138 Å². The zero-order valence-corrected chi connectivity index (χ0v) is 12.6. The Morgan fingerprint density at radius 3 is 2.42 bits per heavy atom. The summed E-state index contributed by atoms with van der Waals surface area (Å²) >= 11 is 5.48. The molecule has 0 bridgehead atoms. The number of rotatable bonds is 2. The van der Waals surface area contributed by atoms with Gasteiger partial charge in [0.25, 0.3) is 0 Å². The second-order valence-electron chi connectivity index (χ2n) is 4.92. The average molecular weight is 353 g/mol. The summed E-state index contributed by atoms with van der Waals surface area (Å²) in [6.45, 7) is 0. The number of para-hydroxylation sites is 1. The SMILES string of the molecule is O=C(c1cccc(C(F)(F)F)n1)c1cn(C(=O)Cl)c2ccccc12. The summed E-state index contributed by atoms with van der Waals surface area (Å²) < 4.78 is 39.3. The fourth-order valence-electron chi connectivity index (χ4n) is 2.36. The quantitative estimate of drug-likeness (QED) is 0.504. The number of ketones is 1. The standard InChI is InChI=1S/C16H8ClF3N2O2/c17-15(24)22-8-10(9-4-1-2-6-12(9)22)14(23)11-5-3-7-13(21-11)16(18,19)20/h1-8H. The van der Waals surface area contributed by atoms with Gasteiger partial charge in [0.15, 0.2) is 0 Å². The van der Waals surface area contributed by atoms with Crippen LogP contribution in [0.4, 0.5) is 18.0 Å². The highest BCUT2D eigenvalue weighted by Crippen LogP contribution is 2.29. The minimum absolute atomic E-state index is 0.0476. The molecule has 0 spiro atoms. The molecule has 0 N–H and O–H groups in total. The lowest BCUT2D eigenvalue weighted by Gasteiger charge is -2.06. The highest BCUT2D eigenvalue weighted by Gasteiger charge is 2.33. The molecule has 2 aromatic heterocycles. The third-order valence-corrected chi connectivity index (χ3v) is 3.60. The van der Waals surface area contributed by atoms with Crippen molar-refractivity contribution in [2.45, 2.75) is 6.18 Å². The smallest absolute Gasteiger partial charge is 0.287 e. The molecule has 0 radical (unpaired) electrons. The van der Waals surface area contributed by atoms with Gasteiger partial charge in [0.1, 0.15) is 11.4 Å². The number of hydrogen-bond donors (Lipinski definition) is 0. The summed E-state index contributed by atoms with van der Waals surface area (Å²) in [5.41, 5.74) is -1.10. The molecule has 0 aliphatic carbocycles. The van der Waals surface area contributed by atoms with Crippen molar-refractivity contribution in [2.75, 3.05) is 0 Å². The highest BCUT2D eigenvalue weighted by atomic mass is 35.5. The van der Waals surface area contributed by atoms with E-state index in [9.17, 15) is 22.8 Å². The van der Waals surface area contributed by atoms with Crippen molar-refractivity contribution in [3.05, 3.63) is 65.6 Å². The first-order valence-corrected chi connectivity index (χ1v) is 7.05. The van der Waals surface area contributed by atoms with Crippen molar-refractivity contribution in [1.82, 2.24) is 9.55 Å². The lowest BCUT2D eigenvalue weighted by Crippen LogP contribution is -2.12. The van der Waals surface area contributed by atoms with Crippen LogP contribution in [-0.4, -0.2) is 20.7 Å². The third-order valence-electron chi connectivity index (χ3n) is 3.42. The van der Waals surface area contributed by atoms with E-state index in [0.29, 0.717) is 10.9 Å². The molecule has 0 saturated heterocycles. The van der Waals surface area contributed by atoms with Crippen LogP contribution in [0.15, 0.2) is 48.7 Å². The predicted molar refractivity (Wildman–Crippen MR) is 81.3 cm³/mol. The maximum atomic E-state index is 12.8. The van der Waals surface area contributed by atoms with Crippen molar-refractivity contribution < 1.29 is 22.8 Å². The summed E-state index contributed by atoms with van der Waals surface area (Å²) in [4.78, 5) is 27.4. The highest BCUT2D eigenvalue weighted by molar-refractivity contribution is 6.63. The van der Waals surface area contributed by atoms with E-state index in [4.69, 9.17) is 11.6 Å². The van der Waals surface area contributed by atoms with E-state index in [0.717, 1.165) is 16.7 Å². The lowest BCUT2D eigenvalue weighted by molar-refractivity contribution is -0.141. The molecule has 24 heavy (non-hydrogen) atoms. The minimum Gasteiger partial charge on any atom is -0.287 e. The van der Waals surface area contributed by atoms with E-state index in [1.165, 1.54) is 12.3 Å². The monoisotopic (exact) mass is 352 g/mol. The van der Waals surface area contributed by atoms with Gasteiger partial charge in [-0.1, -0.05) is 24.3 Å². The van der Waals surface area contributed by atoms with Gasteiger partial charge in [-0.05, 0) is 29.8 Å². The molecule has 4 nitrogen and oxygen atoms in total. The van der Waals surface area contributed by atoms with Gasteiger partial charge in [-0.15, -0.1) is 0 Å².